The molecule has 2 aromatic heterocycles. The molecule has 4 nitrogen and oxygen atoms in total. The molecule has 5 heteroatoms. The van der Waals surface area contributed by atoms with Crippen LogP contribution in [0.15, 0.2) is 29.6 Å². The predicted molar refractivity (Wildman–Crippen MR) is 55.4 cm³/mol. The molecule has 1 atom stereocenters. The first kappa shape index (κ1) is 9.48. The van der Waals surface area contributed by atoms with E-state index in [9.17, 15) is 0 Å². The second-order valence-corrected chi connectivity index (χ2v) is 4.06. The summed E-state index contributed by atoms with van der Waals surface area (Å²) >= 11 is 1.50. The Bertz CT molecular complexity index is 427. The Morgan fingerprint density at radius 2 is 2.36 bits per heavy atom. The van der Waals surface area contributed by atoms with Crippen molar-refractivity contribution in [3.63, 3.8) is 0 Å². The van der Waals surface area contributed by atoms with Gasteiger partial charge in [0.25, 0.3) is 0 Å². The van der Waals surface area contributed by atoms with Gasteiger partial charge in [-0.2, -0.15) is 0 Å². The summed E-state index contributed by atoms with van der Waals surface area (Å²) in [5.74, 6) is 0.635. The summed E-state index contributed by atoms with van der Waals surface area (Å²) in [5, 5.41) is 18.0. The number of aliphatic hydroxyl groups excluding tert-OH is 1. The van der Waals surface area contributed by atoms with Crippen molar-refractivity contribution in [2.24, 2.45) is 0 Å². The molecule has 14 heavy (non-hydrogen) atoms. The highest BCUT2D eigenvalue weighted by atomic mass is 32.2. The Hall–Kier alpha value is -1.07. The third-order valence-electron chi connectivity index (χ3n) is 1.74. The first-order valence-electron chi connectivity index (χ1n) is 4.38. The Balaban J connectivity index is 2.25. The summed E-state index contributed by atoms with van der Waals surface area (Å²) < 4.78 is 1.91. The minimum atomic E-state index is -0.323. The summed E-state index contributed by atoms with van der Waals surface area (Å²) in [7, 11) is 0. The maximum absolute atomic E-state index is 9.14. The van der Waals surface area contributed by atoms with Crippen LogP contribution in [0.2, 0.25) is 0 Å². The van der Waals surface area contributed by atoms with Gasteiger partial charge in [0, 0.05) is 11.9 Å². The number of aliphatic hydroxyl groups is 1. The Labute approximate surface area is 86.0 Å². The van der Waals surface area contributed by atoms with E-state index in [0.29, 0.717) is 5.75 Å². The van der Waals surface area contributed by atoms with Gasteiger partial charge < -0.3 is 5.11 Å². The van der Waals surface area contributed by atoms with Gasteiger partial charge in [-0.15, -0.1) is 10.2 Å². The summed E-state index contributed by atoms with van der Waals surface area (Å²) in [5.41, 5.74) is 0.834. The molecule has 0 aliphatic heterocycles. The Morgan fingerprint density at radius 1 is 1.50 bits per heavy atom. The molecule has 0 amide bonds. The quantitative estimate of drug-likeness (QED) is 0.772. The number of nitrogens with zero attached hydrogens (tertiary/aromatic N) is 3. The summed E-state index contributed by atoms with van der Waals surface area (Å²) in [4.78, 5) is 0. The molecule has 0 saturated heterocycles. The van der Waals surface area contributed by atoms with Crippen LogP contribution >= 0.6 is 11.8 Å². The lowest BCUT2D eigenvalue weighted by atomic mass is 10.5. The molecule has 74 valence electrons. The zero-order valence-corrected chi connectivity index (χ0v) is 8.61. The highest BCUT2D eigenvalue weighted by Crippen LogP contribution is 2.17. The zero-order valence-electron chi connectivity index (χ0n) is 7.79. The largest absolute Gasteiger partial charge is 0.393 e. The molecule has 2 rings (SSSR count). The van der Waals surface area contributed by atoms with Crippen LogP contribution in [-0.2, 0) is 0 Å². The maximum Gasteiger partial charge on any atom is 0.195 e. The highest BCUT2D eigenvalue weighted by Gasteiger charge is 2.05. The van der Waals surface area contributed by atoms with Crippen LogP contribution in [0.3, 0.4) is 0 Å². The second kappa shape index (κ2) is 3.98. The lowest BCUT2D eigenvalue weighted by Gasteiger charge is -2.01. The normalized spacial score (nSPS) is 13.3. The summed E-state index contributed by atoms with van der Waals surface area (Å²) in [6.07, 6.45) is 1.59. The van der Waals surface area contributed by atoms with Crippen molar-refractivity contribution in [1.82, 2.24) is 14.6 Å². The Kier molecular flexibility index (Phi) is 2.69. The van der Waals surface area contributed by atoms with Crippen LogP contribution in [0.4, 0.5) is 0 Å². The predicted octanol–water partition coefficient (Wildman–Crippen LogP) is 1.20. The highest BCUT2D eigenvalue weighted by molar-refractivity contribution is 7.99. The third kappa shape index (κ3) is 1.88. The molecule has 0 aromatic carbocycles. The van der Waals surface area contributed by atoms with E-state index in [1.807, 2.05) is 28.8 Å². The van der Waals surface area contributed by atoms with Gasteiger partial charge in [-0.1, -0.05) is 17.8 Å². The standard InChI is InChI=1S/C9H11N3OS/c1-7(13)6-14-9-11-10-8-4-2-3-5-12(8)9/h2-5,7,13H,6H2,1H3/t7-/m1/s1. The molecule has 2 aromatic rings. The number of hydrogen-bond acceptors (Lipinski definition) is 4. The minimum absolute atomic E-state index is 0.323. The maximum atomic E-state index is 9.14. The van der Waals surface area contributed by atoms with Crippen LogP contribution < -0.4 is 0 Å². The van der Waals surface area contributed by atoms with Crippen molar-refractivity contribution < 1.29 is 5.11 Å². The smallest absolute Gasteiger partial charge is 0.195 e. The number of rotatable bonds is 3. The van der Waals surface area contributed by atoms with Gasteiger partial charge in [0.2, 0.25) is 0 Å². The van der Waals surface area contributed by atoms with Crippen molar-refractivity contribution in [3.05, 3.63) is 24.4 Å². The Morgan fingerprint density at radius 3 is 3.14 bits per heavy atom. The topological polar surface area (TPSA) is 50.4 Å². The molecule has 2 heterocycles. The van der Waals surface area contributed by atoms with E-state index in [-0.39, 0.29) is 6.10 Å². The number of pyridine rings is 1. The van der Waals surface area contributed by atoms with E-state index in [1.54, 1.807) is 6.92 Å². The number of fused-ring (bicyclic) bond motifs is 1. The SMILES string of the molecule is C[C@@H](O)CSc1nnc2ccccn12. The lowest BCUT2D eigenvalue weighted by Crippen LogP contribution is -2.03. The minimum Gasteiger partial charge on any atom is -0.393 e. The lowest BCUT2D eigenvalue weighted by molar-refractivity contribution is 0.220. The van der Waals surface area contributed by atoms with Crippen LogP contribution in [0.1, 0.15) is 6.92 Å². The van der Waals surface area contributed by atoms with Crippen molar-refractivity contribution >= 4 is 17.4 Å². The van der Waals surface area contributed by atoms with Gasteiger partial charge in [-0.05, 0) is 19.1 Å². The molecule has 0 unspecified atom stereocenters. The molecular formula is C9H11N3OS. The van der Waals surface area contributed by atoms with E-state index in [4.69, 9.17) is 5.11 Å². The first-order chi connectivity index (χ1) is 6.77. The monoisotopic (exact) mass is 209 g/mol. The molecular weight excluding hydrogens is 198 g/mol. The molecule has 0 aliphatic rings. The van der Waals surface area contributed by atoms with Gasteiger partial charge >= 0.3 is 0 Å². The molecule has 0 fully saturated rings. The van der Waals surface area contributed by atoms with Crippen molar-refractivity contribution in [3.8, 4) is 0 Å². The van der Waals surface area contributed by atoms with Gasteiger partial charge in [-0.3, -0.25) is 4.40 Å². The van der Waals surface area contributed by atoms with E-state index >= 15 is 0 Å². The molecule has 0 aliphatic carbocycles. The second-order valence-electron chi connectivity index (χ2n) is 3.07. The van der Waals surface area contributed by atoms with Crippen LogP contribution in [-0.4, -0.2) is 31.6 Å². The van der Waals surface area contributed by atoms with Crippen molar-refractivity contribution in [2.45, 2.75) is 18.2 Å². The number of hydrogen-bond donors (Lipinski definition) is 1. The molecule has 0 saturated carbocycles. The fourth-order valence-electron chi connectivity index (χ4n) is 1.11. The summed E-state index contributed by atoms with van der Waals surface area (Å²) in [6.45, 7) is 1.76. The van der Waals surface area contributed by atoms with Crippen LogP contribution in [0, 0.1) is 0 Å². The van der Waals surface area contributed by atoms with E-state index in [1.165, 1.54) is 11.8 Å². The van der Waals surface area contributed by atoms with E-state index in [2.05, 4.69) is 10.2 Å². The van der Waals surface area contributed by atoms with Crippen LogP contribution in [0.5, 0.6) is 0 Å². The van der Waals surface area contributed by atoms with E-state index < -0.39 is 0 Å². The zero-order chi connectivity index (χ0) is 9.97. The van der Waals surface area contributed by atoms with Crippen LogP contribution in [0.25, 0.3) is 5.65 Å². The van der Waals surface area contributed by atoms with Gasteiger partial charge in [-0.25, -0.2) is 0 Å². The fourth-order valence-corrected chi connectivity index (χ4v) is 1.90. The average molecular weight is 209 g/mol. The van der Waals surface area contributed by atoms with Gasteiger partial charge in [0.1, 0.15) is 0 Å². The van der Waals surface area contributed by atoms with Gasteiger partial charge in [0.05, 0.1) is 6.10 Å². The van der Waals surface area contributed by atoms with Gasteiger partial charge in [0.15, 0.2) is 10.8 Å². The number of aromatic nitrogens is 3. The third-order valence-corrected chi connectivity index (χ3v) is 2.92. The molecule has 1 N–H and O–H groups in total. The first-order valence-corrected chi connectivity index (χ1v) is 5.36. The summed E-state index contributed by atoms with van der Waals surface area (Å²) in [6, 6.07) is 5.76. The number of thioether (sulfide) groups is 1. The van der Waals surface area contributed by atoms with Crippen molar-refractivity contribution in [1.29, 1.82) is 0 Å². The average Bonchev–Trinajstić information content (AvgIpc) is 2.58. The fraction of sp³-hybridized carbons (Fsp3) is 0.333. The molecule has 0 radical (unpaired) electrons. The van der Waals surface area contributed by atoms with E-state index in [0.717, 1.165) is 10.8 Å². The van der Waals surface area contributed by atoms with Crippen molar-refractivity contribution in [2.75, 3.05) is 5.75 Å². The molecule has 0 bridgehead atoms. The molecule has 0 spiro atoms.